The molecule has 1 fully saturated rings. The van der Waals surface area contributed by atoms with Crippen LogP contribution >= 0.6 is 0 Å². The highest BCUT2D eigenvalue weighted by atomic mass is 19.1. The van der Waals surface area contributed by atoms with E-state index in [-0.39, 0.29) is 11.9 Å². The number of halogens is 1. The Morgan fingerprint density at radius 3 is 2.88 bits per heavy atom. The number of carbonyl (C=O) groups is 1. The molecular formula is C12H15FN2O. The first-order valence-electron chi connectivity index (χ1n) is 5.63. The van der Waals surface area contributed by atoms with E-state index in [0.29, 0.717) is 12.1 Å². The van der Waals surface area contributed by atoms with Gasteiger partial charge in [0.2, 0.25) is 0 Å². The number of hydrogen-bond acceptors (Lipinski definition) is 2. The van der Waals surface area contributed by atoms with Crippen LogP contribution in [0.2, 0.25) is 0 Å². The Balaban J connectivity index is 1.96. The number of nitrogens with one attached hydrogen (secondary N) is 1. The molecule has 2 rings (SSSR count). The van der Waals surface area contributed by atoms with E-state index in [2.05, 4.69) is 10.3 Å². The molecule has 0 saturated heterocycles. The summed E-state index contributed by atoms with van der Waals surface area (Å²) in [6, 6.07) is 4.78. The summed E-state index contributed by atoms with van der Waals surface area (Å²) >= 11 is 0. The molecule has 0 bridgehead atoms. The summed E-state index contributed by atoms with van der Waals surface area (Å²) in [6.07, 6.45) is 3.81. The van der Waals surface area contributed by atoms with Crippen molar-refractivity contribution >= 4 is 5.91 Å². The second kappa shape index (κ2) is 5.05. The third-order valence-electron chi connectivity index (χ3n) is 2.90. The molecule has 0 aromatic carbocycles. The number of pyridine rings is 1. The number of carbonyl (C=O) groups excluding carboxylic acids is 1. The Hall–Kier alpha value is -1.45. The Labute approximate surface area is 94.1 Å². The second-order valence-corrected chi connectivity index (χ2v) is 4.10. The van der Waals surface area contributed by atoms with Crippen molar-refractivity contribution in [2.45, 2.75) is 37.9 Å². The molecule has 2 atom stereocenters. The maximum Gasteiger partial charge on any atom is 0.270 e. The SMILES string of the molecule is O=C(N[C@@H]1CCCC[C@H]1F)c1ccccn1. The zero-order valence-electron chi connectivity index (χ0n) is 9.03. The molecule has 1 heterocycles. The third-order valence-corrected chi connectivity index (χ3v) is 2.90. The highest BCUT2D eigenvalue weighted by Crippen LogP contribution is 2.21. The molecule has 1 aromatic heterocycles. The van der Waals surface area contributed by atoms with Crippen LogP contribution in [0.15, 0.2) is 24.4 Å². The number of amides is 1. The molecule has 1 saturated carbocycles. The van der Waals surface area contributed by atoms with Gasteiger partial charge in [-0.1, -0.05) is 18.9 Å². The Bertz CT molecular complexity index is 355. The number of rotatable bonds is 2. The van der Waals surface area contributed by atoms with Gasteiger partial charge in [-0.25, -0.2) is 4.39 Å². The average Bonchev–Trinajstić information content (AvgIpc) is 2.33. The van der Waals surface area contributed by atoms with Crippen LogP contribution < -0.4 is 5.32 Å². The minimum absolute atomic E-state index is 0.282. The van der Waals surface area contributed by atoms with Gasteiger partial charge in [-0.3, -0.25) is 9.78 Å². The highest BCUT2D eigenvalue weighted by molar-refractivity contribution is 5.92. The van der Waals surface area contributed by atoms with Gasteiger partial charge in [0.1, 0.15) is 11.9 Å². The first-order valence-corrected chi connectivity index (χ1v) is 5.63. The van der Waals surface area contributed by atoms with Crippen LogP contribution in [0.5, 0.6) is 0 Å². The average molecular weight is 222 g/mol. The van der Waals surface area contributed by atoms with Crippen LogP contribution in [0.4, 0.5) is 4.39 Å². The summed E-state index contributed by atoms with van der Waals surface area (Å²) in [5.41, 5.74) is 0.347. The molecule has 0 spiro atoms. The number of alkyl halides is 1. The van der Waals surface area contributed by atoms with E-state index >= 15 is 0 Å². The minimum Gasteiger partial charge on any atom is -0.345 e. The van der Waals surface area contributed by atoms with Gasteiger partial charge in [-0.15, -0.1) is 0 Å². The molecule has 0 radical (unpaired) electrons. The van der Waals surface area contributed by atoms with Gasteiger partial charge in [0.05, 0.1) is 6.04 Å². The van der Waals surface area contributed by atoms with Gasteiger partial charge in [0.15, 0.2) is 0 Å². The van der Waals surface area contributed by atoms with Crippen molar-refractivity contribution in [2.24, 2.45) is 0 Å². The van der Waals surface area contributed by atoms with E-state index in [4.69, 9.17) is 0 Å². The van der Waals surface area contributed by atoms with Crippen LogP contribution in [-0.4, -0.2) is 23.1 Å². The van der Waals surface area contributed by atoms with E-state index in [0.717, 1.165) is 19.3 Å². The maximum absolute atomic E-state index is 13.5. The van der Waals surface area contributed by atoms with Crippen molar-refractivity contribution in [3.8, 4) is 0 Å². The van der Waals surface area contributed by atoms with Crippen molar-refractivity contribution in [3.05, 3.63) is 30.1 Å². The fraction of sp³-hybridized carbons (Fsp3) is 0.500. The summed E-state index contributed by atoms with van der Waals surface area (Å²) in [4.78, 5) is 15.7. The summed E-state index contributed by atoms with van der Waals surface area (Å²) in [5, 5.41) is 2.71. The highest BCUT2D eigenvalue weighted by Gasteiger charge is 2.26. The largest absolute Gasteiger partial charge is 0.345 e. The number of nitrogens with zero attached hydrogens (tertiary/aromatic N) is 1. The van der Waals surface area contributed by atoms with Crippen LogP contribution in [-0.2, 0) is 0 Å². The monoisotopic (exact) mass is 222 g/mol. The minimum atomic E-state index is -0.915. The van der Waals surface area contributed by atoms with Crippen molar-refractivity contribution in [1.29, 1.82) is 0 Å². The van der Waals surface area contributed by atoms with E-state index in [1.807, 2.05) is 0 Å². The van der Waals surface area contributed by atoms with E-state index < -0.39 is 6.17 Å². The van der Waals surface area contributed by atoms with Gasteiger partial charge < -0.3 is 5.32 Å². The predicted octanol–water partition coefficient (Wildman–Crippen LogP) is 2.09. The third kappa shape index (κ3) is 2.56. The van der Waals surface area contributed by atoms with Gasteiger partial charge in [-0.2, -0.15) is 0 Å². The number of aromatic nitrogens is 1. The first kappa shape index (κ1) is 11.0. The normalized spacial score (nSPS) is 25.1. The van der Waals surface area contributed by atoms with Gasteiger partial charge >= 0.3 is 0 Å². The molecule has 86 valence electrons. The summed E-state index contributed by atoms with van der Waals surface area (Å²) < 4.78 is 13.5. The molecule has 0 unspecified atom stereocenters. The summed E-state index contributed by atoms with van der Waals surface area (Å²) in [6.45, 7) is 0. The van der Waals surface area contributed by atoms with E-state index in [1.54, 1.807) is 24.4 Å². The molecule has 1 N–H and O–H groups in total. The molecule has 1 aliphatic rings. The first-order chi connectivity index (χ1) is 7.77. The fourth-order valence-electron chi connectivity index (χ4n) is 1.99. The van der Waals surface area contributed by atoms with Gasteiger partial charge in [0, 0.05) is 6.20 Å². The van der Waals surface area contributed by atoms with Crippen molar-refractivity contribution < 1.29 is 9.18 Å². The molecule has 1 amide bonds. The standard InChI is InChI=1S/C12H15FN2O/c13-9-5-1-2-6-10(9)15-12(16)11-7-3-4-8-14-11/h3-4,7-10H,1-2,5-6H2,(H,15,16)/t9-,10-/m1/s1. The molecule has 3 nitrogen and oxygen atoms in total. The van der Waals surface area contributed by atoms with E-state index in [1.165, 1.54) is 0 Å². The van der Waals surface area contributed by atoms with Crippen LogP contribution in [0.25, 0.3) is 0 Å². The molecule has 0 aliphatic heterocycles. The van der Waals surface area contributed by atoms with Crippen molar-refractivity contribution in [1.82, 2.24) is 10.3 Å². The zero-order chi connectivity index (χ0) is 11.4. The lowest BCUT2D eigenvalue weighted by Crippen LogP contribution is -2.43. The summed E-state index contributed by atoms with van der Waals surface area (Å²) in [5.74, 6) is -0.282. The summed E-state index contributed by atoms with van der Waals surface area (Å²) in [7, 11) is 0. The zero-order valence-corrected chi connectivity index (χ0v) is 9.03. The van der Waals surface area contributed by atoms with Gasteiger partial charge in [0.25, 0.3) is 5.91 Å². The molecule has 4 heteroatoms. The van der Waals surface area contributed by atoms with Crippen LogP contribution in [0.1, 0.15) is 36.2 Å². The Morgan fingerprint density at radius 1 is 1.38 bits per heavy atom. The Morgan fingerprint density at radius 2 is 2.19 bits per heavy atom. The lowest BCUT2D eigenvalue weighted by molar-refractivity contribution is 0.0879. The molecular weight excluding hydrogens is 207 g/mol. The van der Waals surface area contributed by atoms with E-state index in [9.17, 15) is 9.18 Å². The number of hydrogen-bond donors (Lipinski definition) is 1. The lowest BCUT2D eigenvalue weighted by Gasteiger charge is -2.26. The Kier molecular flexibility index (Phi) is 3.49. The molecule has 1 aromatic rings. The van der Waals surface area contributed by atoms with Crippen LogP contribution in [0, 0.1) is 0 Å². The smallest absolute Gasteiger partial charge is 0.270 e. The predicted molar refractivity (Wildman–Crippen MR) is 58.9 cm³/mol. The van der Waals surface area contributed by atoms with Crippen LogP contribution in [0.3, 0.4) is 0 Å². The second-order valence-electron chi connectivity index (χ2n) is 4.10. The van der Waals surface area contributed by atoms with Crippen molar-refractivity contribution in [2.75, 3.05) is 0 Å². The molecule has 16 heavy (non-hydrogen) atoms. The maximum atomic E-state index is 13.5. The fourth-order valence-corrected chi connectivity index (χ4v) is 1.99. The lowest BCUT2D eigenvalue weighted by atomic mass is 9.93. The topological polar surface area (TPSA) is 42.0 Å². The van der Waals surface area contributed by atoms with Gasteiger partial charge in [-0.05, 0) is 25.0 Å². The molecule has 1 aliphatic carbocycles. The van der Waals surface area contributed by atoms with Crippen molar-refractivity contribution in [3.63, 3.8) is 0 Å². The quantitative estimate of drug-likeness (QED) is 0.832.